The third kappa shape index (κ3) is 7.31. The molecule has 0 amide bonds. The molecule has 5 aromatic carbocycles. The first-order chi connectivity index (χ1) is 22.5. The number of hydrogen-bond donors (Lipinski definition) is 0. The molecule has 0 aliphatic heterocycles. The topological polar surface area (TPSA) is 0 Å². The fraction of sp³-hybridized carbons (Fsp3) is 0.244. The average molecular weight is 651 g/mol. The molecule has 0 saturated carbocycles. The molecule has 5 aromatic rings. The molecule has 0 radical (unpaired) electrons. The maximum atomic E-state index is 2.51. The van der Waals surface area contributed by atoms with Crippen LogP contribution in [0.15, 0.2) is 115 Å². The minimum Gasteiger partial charge on any atom is -0.0763 e. The van der Waals surface area contributed by atoms with Gasteiger partial charge in [-0.3, -0.25) is 0 Å². The lowest BCUT2D eigenvalue weighted by Gasteiger charge is -2.33. The Balaban J connectivity index is 1.50. The van der Waals surface area contributed by atoms with Gasteiger partial charge in [-0.2, -0.15) is 0 Å². The van der Waals surface area contributed by atoms with E-state index in [2.05, 4.69) is 178 Å². The monoisotopic (exact) mass is 650 g/mol. The first-order valence-electron chi connectivity index (χ1n) is 16.9. The molecular formula is C45H48P2. The molecule has 1 aliphatic carbocycles. The van der Waals surface area contributed by atoms with Crippen LogP contribution in [0.1, 0.15) is 57.0 Å². The lowest BCUT2D eigenvalue weighted by atomic mass is 9.93. The fourth-order valence-corrected chi connectivity index (χ4v) is 13.7. The van der Waals surface area contributed by atoms with Crippen LogP contribution in [0.3, 0.4) is 0 Å². The molecule has 0 spiro atoms. The quantitative estimate of drug-likeness (QED) is 0.147. The van der Waals surface area contributed by atoms with Gasteiger partial charge in [0.1, 0.15) is 0 Å². The van der Waals surface area contributed by atoms with Crippen molar-refractivity contribution >= 4 is 47.9 Å². The minimum absolute atomic E-state index is 0.319. The number of benzene rings is 5. The van der Waals surface area contributed by atoms with Gasteiger partial charge in [0.05, 0.1) is 0 Å². The summed E-state index contributed by atoms with van der Waals surface area (Å²) in [7, 11) is -1.39. The van der Waals surface area contributed by atoms with Crippen LogP contribution in [0.2, 0.25) is 0 Å². The largest absolute Gasteiger partial charge is 0.0763 e. The highest BCUT2D eigenvalue weighted by atomic mass is 31.1. The fourth-order valence-electron chi connectivity index (χ4n) is 7.64. The standard InChI is InChI=1S/C45H48P2/c1-29-17-30(2)22-38(21-29)46(39-23-31(3)18-32(4)24-39)37(9)42-14-12-15-43(42)44-13-10-11-16-45(44)47(40-25-33(5)19-34(6)26-40)41-27-35(7)20-36(8)28-41/h10-28,37,42H,1-9H3/t37-,42+/m1/s1. The summed E-state index contributed by atoms with van der Waals surface area (Å²) in [4.78, 5) is 0. The Morgan fingerprint density at radius 2 is 0.872 bits per heavy atom. The minimum atomic E-state index is -0.770. The molecule has 0 saturated heterocycles. The zero-order valence-corrected chi connectivity index (χ0v) is 31.3. The highest BCUT2D eigenvalue weighted by molar-refractivity contribution is 7.80. The van der Waals surface area contributed by atoms with Gasteiger partial charge in [-0.15, -0.1) is 0 Å². The molecule has 0 aromatic heterocycles. The molecule has 2 heteroatoms. The lowest BCUT2D eigenvalue weighted by Crippen LogP contribution is -2.28. The number of allylic oxidation sites excluding steroid dienone is 4. The van der Waals surface area contributed by atoms with E-state index in [0.717, 1.165) is 0 Å². The van der Waals surface area contributed by atoms with Crippen LogP contribution in [0, 0.1) is 61.3 Å². The third-order valence-electron chi connectivity index (χ3n) is 9.23. The highest BCUT2D eigenvalue weighted by Gasteiger charge is 2.33. The third-order valence-corrected chi connectivity index (χ3v) is 14.4. The molecule has 47 heavy (non-hydrogen) atoms. The first-order valence-corrected chi connectivity index (χ1v) is 19.6. The van der Waals surface area contributed by atoms with Crippen LogP contribution in [0.4, 0.5) is 0 Å². The van der Waals surface area contributed by atoms with Crippen molar-refractivity contribution < 1.29 is 0 Å². The Morgan fingerprint density at radius 3 is 1.30 bits per heavy atom. The van der Waals surface area contributed by atoms with Gasteiger partial charge in [0.15, 0.2) is 0 Å². The van der Waals surface area contributed by atoms with Crippen LogP contribution in [0.25, 0.3) is 5.57 Å². The van der Waals surface area contributed by atoms with Gasteiger partial charge < -0.3 is 0 Å². The molecule has 1 aliphatic rings. The van der Waals surface area contributed by atoms with Crippen molar-refractivity contribution in [1.29, 1.82) is 0 Å². The molecule has 0 unspecified atom stereocenters. The zero-order chi connectivity index (χ0) is 33.4. The van der Waals surface area contributed by atoms with E-state index in [0.29, 0.717) is 11.6 Å². The van der Waals surface area contributed by atoms with Crippen molar-refractivity contribution in [3.63, 3.8) is 0 Å². The van der Waals surface area contributed by atoms with Gasteiger partial charge in [-0.05, 0) is 115 Å². The van der Waals surface area contributed by atoms with Crippen LogP contribution in [0.5, 0.6) is 0 Å². The maximum Gasteiger partial charge on any atom is 0.00982 e. The second kappa shape index (κ2) is 13.9. The van der Waals surface area contributed by atoms with Crippen LogP contribution >= 0.6 is 15.8 Å². The summed E-state index contributed by atoms with van der Waals surface area (Å²) in [5, 5.41) is 7.27. The van der Waals surface area contributed by atoms with E-state index < -0.39 is 15.8 Å². The summed E-state index contributed by atoms with van der Waals surface area (Å²) >= 11 is 0. The van der Waals surface area contributed by atoms with E-state index in [1.165, 1.54) is 82.2 Å². The summed E-state index contributed by atoms with van der Waals surface area (Å²) in [5.74, 6) is 0.319. The predicted molar refractivity (Wildman–Crippen MR) is 212 cm³/mol. The summed E-state index contributed by atoms with van der Waals surface area (Å²) in [6.07, 6.45) is 7.21. The van der Waals surface area contributed by atoms with Gasteiger partial charge in [0.2, 0.25) is 0 Å². The molecule has 238 valence electrons. The van der Waals surface area contributed by atoms with Crippen molar-refractivity contribution in [1.82, 2.24) is 0 Å². The van der Waals surface area contributed by atoms with E-state index in [1.54, 1.807) is 0 Å². The van der Waals surface area contributed by atoms with Gasteiger partial charge in [0, 0.05) is 5.92 Å². The Hall–Kier alpha value is -3.56. The van der Waals surface area contributed by atoms with Gasteiger partial charge in [-0.25, -0.2) is 0 Å². The Labute approximate surface area is 286 Å². The van der Waals surface area contributed by atoms with Crippen molar-refractivity contribution in [2.45, 2.75) is 68.0 Å². The average Bonchev–Trinajstić information content (AvgIpc) is 3.46. The summed E-state index contributed by atoms with van der Waals surface area (Å²) in [6, 6.07) is 38.0. The molecule has 0 bridgehead atoms. The lowest BCUT2D eigenvalue weighted by molar-refractivity contribution is 0.817. The van der Waals surface area contributed by atoms with Crippen molar-refractivity contribution in [2.75, 3.05) is 0 Å². The zero-order valence-electron chi connectivity index (χ0n) is 29.5. The number of hydrogen-bond acceptors (Lipinski definition) is 0. The molecule has 2 atom stereocenters. The maximum absolute atomic E-state index is 2.51. The van der Waals surface area contributed by atoms with E-state index in [-0.39, 0.29) is 0 Å². The highest BCUT2D eigenvalue weighted by Crippen LogP contribution is 2.49. The van der Waals surface area contributed by atoms with Crippen LogP contribution < -0.4 is 26.5 Å². The molecule has 0 heterocycles. The van der Waals surface area contributed by atoms with E-state index in [9.17, 15) is 0 Å². The molecule has 0 nitrogen and oxygen atoms in total. The van der Waals surface area contributed by atoms with Gasteiger partial charge >= 0.3 is 0 Å². The number of rotatable bonds is 8. The normalized spacial score (nSPS) is 15.0. The van der Waals surface area contributed by atoms with Crippen molar-refractivity contribution in [3.05, 3.63) is 165 Å². The Kier molecular flexibility index (Phi) is 9.85. The SMILES string of the molecule is Cc1cc(C)cc(P(c2cc(C)cc(C)c2)c2ccccc2C2=CC=C[C@H]2[C@@H](C)P(c2cc(C)cc(C)c2)c2cc(C)cc(C)c2)c1. The first kappa shape index (κ1) is 33.3. The smallest absolute Gasteiger partial charge is 0.00982 e. The molecular weight excluding hydrogens is 602 g/mol. The summed E-state index contributed by atoms with van der Waals surface area (Å²) in [6.45, 7) is 20.4. The van der Waals surface area contributed by atoms with Crippen LogP contribution in [-0.2, 0) is 0 Å². The van der Waals surface area contributed by atoms with E-state index in [1.807, 2.05) is 0 Å². The second-order valence-electron chi connectivity index (χ2n) is 13.9. The van der Waals surface area contributed by atoms with Crippen molar-refractivity contribution in [3.8, 4) is 0 Å². The molecule has 6 rings (SSSR count). The number of aryl methyl sites for hydroxylation is 8. The molecule has 0 fully saturated rings. The summed E-state index contributed by atoms with van der Waals surface area (Å²) < 4.78 is 0. The Bertz CT molecular complexity index is 1830. The van der Waals surface area contributed by atoms with E-state index in [4.69, 9.17) is 0 Å². The summed E-state index contributed by atoms with van der Waals surface area (Å²) in [5.41, 5.74) is 14.0. The van der Waals surface area contributed by atoms with Gasteiger partial charge in [0.25, 0.3) is 0 Å². The second-order valence-corrected chi connectivity index (χ2v) is 18.7. The van der Waals surface area contributed by atoms with Crippen molar-refractivity contribution in [2.24, 2.45) is 5.92 Å². The predicted octanol–water partition coefficient (Wildman–Crippen LogP) is 10.0. The molecule has 0 N–H and O–H groups in total. The van der Waals surface area contributed by atoms with E-state index >= 15 is 0 Å². The van der Waals surface area contributed by atoms with Gasteiger partial charge in [-0.1, -0.05) is 167 Å². The Morgan fingerprint density at radius 1 is 0.489 bits per heavy atom. The van der Waals surface area contributed by atoms with Crippen LogP contribution in [-0.4, -0.2) is 5.66 Å².